The molecule has 29 heavy (non-hydrogen) atoms. The summed E-state index contributed by atoms with van der Waals surface area (Å²) in [4.78, 5) is 40.9. The van der Waals surface area contributed by atoms with E-state index in [4.69, 9.17) is 9.47 Å². The number of nitrogens with zero attached hydrogens (tertiary/aromatic N) is 3. The van der Waals surface area contributed by atoms with Crippen LogP contribution in [-0.4, -0.2) is 69.8 Å². The number of likely N-dealkylation sites (tertiary alicyclic amines) is 1. The molecular formula is C20H30N4O5. The number of ether oxygens (including phenoxy) is 2. The number of aromatic nitrogens is 2. The fourth-order valence-electron chi connectivity index (χ4n) is 3.72. The molecule has 1 saturated heterocycles. The van der Waals surface area contributed by atoms with E-state index in [0.29, 0.717) is 44.8 Å². The van der Waals surface area contributed by atoms with Crippen LogP contribution in [0.15, 0.2) is 0 Å². The molecule has 0 aromatic carbocycles. The van der Waals surface area contributed by atoms with Gasteiger partial charge in [0.2, 0.25) is 0 Å². The molecule has 9 heteroatoms. The van der Waals surface area contributed by atoms with Gasteiger partial charge in [0.25, 0.3) is 5.91 Å². The summed E-state index contributed by atoms with van der Waals surface area (Å²) in [5.41, 5.74) is 1.33. The Morgan fingerprint density at radius 2 is 1.97 bits per heavy atom. The van der Waals surface area contributed by atoms with Gasteiger partial charge in [-0.25, -0.2) is 4.79 Å². The second-order valence-corrected chi connectivity index (χ2v) is 8.52. The van der Waals surface area contributed by atoms with Crippen LogP contribution in [0.1, 0.15) is 62.3 Å². The van der Waals surface area contributed by atoms with Crippen LogP contribution in [-0.2, 0) is 27.2 Å². The minimum absolute atomic E-state index is 0.220. The smallest absolute Gasteiger partial charge is 0.410 e. The Balaban J connectivity index is 1.72. The summed E-state index contributed by atoms with van der Waals surface area (Å²) in [5.74, 6) is -0.784. The lowest BCUT2D eigenvalue weighted by Crippen LogP contribution is -2.44. The first kappa shape index (κ1) is 21.1. The largest absolute Gasteiger partial charge is 0.466 e. The van der Waals surface area contributed by atoms with Crippen LogP contribution in [0.5, 0.6) is 0 Å². The zero-order chi connectivity index (χ0) is 21.2. The second kappa shape index (κ2) is 8.42. The zero-order valence-corrected chi connectivity index (χ0v) is 17.6. The van der Waals surface area contributed by atoms with Crippen LogP contribution in [0.4, 0.5) is 4.79 Å². The number of carbonyl (C=O) groups excluding carboxylic acids is 3. The van der Waals surface area contributed by atoms with Crippen LogP contribution >= 0.6 is 0 Å². The van der Waals surface area contributed by atoms with Crippen molar-refractivity contribution in [3.05, 3.63) is 17.0 Å². The van der Waals surface area contributed by atoms with E-state index in [1.807, 2.05) is 20.8 Å². The number of hydrogen-bond acceptors (Lipinski definition) is 6. The lowest BCUT2D eigenvalue weighted by atomic mass is 9.97. The summed E-state index contributed by atoms with van der Waals surface area (Å²) in [6, 6.07) is 0. The van der Waals surface area contributed by atoms with Gasteiger partial charge in [0.15, 0.2) is 5.69 Å². The fraction of sp³-hybridized carbons (Fsp3) is 0.700. The number of hydrogen-bond donors (Lipinski definition) is 1. The SMILES string of the molecule is CCOC(=O)C1CCCN(C(=O)c2n[nH]c3c2CN(C(=O)OC(C)(C)C)CC3)C1. The number of esters is 1. The van der Waals surface area contributed by atoms with Gasteiger partial charge in [-0.3, -0.25) is 14.7 Å². The molecule has 3 rings (SSSR count). The molecule has 2 amide bonds. The molecule has 2 aliphatic heterocycles. The standard InChI is InChI=1S/C20H30N4O5/c1-5-28-18(26)13-7-6-9-23(11-13)17(25)16-14-12-24(10-8-15(14)21-22-16)19(27)29-20(2,3)4/h13H,5-12H2,1-4H3,(H,21,22). The first-order chi connectivity index (χ1) is 13.7. The number of piperidine rings is 1. The molecule has 0 radical (unpaired) electrons. The summed E-state index contributed by atoms with van der Waals surface area (Å²) in [6.45, 7) is 9.26. The highest BCUT2D eigenvalue weighted by Gasteiger charge is 2.34. The fourth-order valence-corrected chi connectivity index (χ4v) is 3.72. The third-order valence-corrected chi connectivity index (χ3v) is 5.12. The molecule has 9 nitrogen and oxygen atoms in total. The van der Waals surface area contributed by atoms with Gasteiger partial charge in [0.05, 0.1) is 19.1 Å². The van der Waals surface area contributed by atoms with Crippen molar-refractivity contribution in [2.75, 3.05) is 26.2 Å². The monoisotopic (exact) mass is 406 g/mol. The lowest BCUT2D eigenvalue weighted by Gasteiger charge is -2.32. The van der Waals surface area contributed by atoms with Gasteiger partial charge < -0.3 is 19.3 Å². The highest BCUT2D eigenvalue weighted by atomic mass is 16.6. The van der Waals surface area contributed by atoms with E-state index in [9.17, 15) is 14.4 Å². The average Bonchev–Trinajstić information content (AvgIpc) is 3.09. The van der Waals surface area contributed by atoms with Gasteiger partial charge in [-0.1, -0.05) is 0 Å². The van der Waals surface area contributed by atoms with E-state index in [0.717, 1.165) is 17.7 Å². The Hall–Kier alpha value is -2.58. The average molecular weight is 406 g/mol. The maximum Gasteiger partial charge on any atom is 0.410 e. The van der Waals surface area contributed by atoms with Crippen LogP contribution in [0.3, 0.4) is 0 Å². The number of H-pyrrole nitrogens is 1. The van der Waals surface area contributed by atoms with Gasteiger partial charge in [-0.05, 0) is 40.5 Å². The number of aromatic amines is 1. The summed E-state index contributed by atoms with van der Waals surface area (Å²) in [6.07, 6.45) is 1.64. The molecule has 3 heterocycles. The first-order valence-corrected chi connectivity index (χ1v) is 10.2. The summed E-state index contributed by atoms with van der Waals surface area (Å²) < 4.78 is 10.6. The molecule has 1 unspecified atom stereocenters. The Kier molecular flexibility index (Phi) is 6.14. The van der Waals surface area contributed by atoms with Crippen molar-refractivity contribution in [1.29, 1.82) is 0 Å². The van der Waals surface area contributed by atoms with E-state index in [2.05, 4.69) is 10.2 Å². The molecule has 1 aromatic rings. The molecule has 1 aromatic heterocycles. The number of amides is 2. The molecule has 1 N–H and O–H groups in total. The van der Waals surface area contributed by atoms with E-state index in [1.54, 1.807) is 16.7 Å². The van der Waals surface area contributed by atoms with Gasteiger partial charge in [0, 0.05) is 37.3 Å². The lowest BCUT2D eigenvalue weighted by molar-refractivity contribution is -0.149. The second-order valence-electron chi connectivity index (χ2n) is 8.52. The summed E-state index contributed by atoms with van der Waals surface area (Å²) in [7, 11) is 0. The quantitative estimate of drug-likeness (QED) is 0.771. The predicted molar refractivity (Wildman–Crippen MR) is 104 cm³/mol. The molecular weight excluding hydrogens is 376 g/mol. The molecule has 0 saturated carbocycles. The normalized spacial score (nSPS) is 19.5. The van der Waals surface area contributed by atoms with E-state index < -0.39 is 11.7 Å². The van der Waals surface area contributed by atoms with E-state index in [-0.39, 0.29) is 24.3 Å². The predicted octanol–water partition coefficient (Wildman–Crippen LogP) is 2.12. The van der Waals surface area contributed by atoms with Gasteiger partial charge in [-0.2, -0.15) is 5.10 Å². The van der Waals surface area contributed by atoms with Crippen molar-refractivity contribution in [2.45, 2.75) is 59.1 Å². The number of carbonyl (C=O) groups is 3. The third kappa shape index (κ3) is 4.89. The Morgan fingerprint density at radius 3 is 2.66 bits per heavy atom. The molecule has 1 fully saturated rings. The van der Waals surface area contributed by atoms with E-state index in [1.165, 1.54) is 0 Å². The van der Waals surface area contributed by atoms with Crippen LogP contribution in [0, 0.1) is 5.92 Å². The minimum Gasteiger partial charge on any atom is -0.466 e. The molecule has 0 bridgehead atoms. The Bertz CT molecular complexity index is 782. The topological polar surface area (TPSA) is 105 Å². The Morgan fingerprint density at radius 1 is 1.21 bits per heavy atom. The van der Waals surface area contributed by atoms with Crippen molar-refractivity contribution in [3.63, 3.8) is 0 Å². The van der Waals surface area contributed by atoms with Crippen molar-refractivity contribution in [3.8, 4) is 0 Å². The van der Waals surface area contributed by atoms with Gasteiger partial charge >= 0.3 is 12.1 Å². The van der Waals surface area contributed by atoms with Crippen LogP contribution in [0.2, 0.25) is 0 Å². The van der Waals surface area contributed by atoms with E-state index >= 15 is 0 Å². The Labute approximate surface area is 170 Å². The van der Waals surface area contributed by atoms with Crippen LogP contribution in [0.25, 0.3) is 0 Å². The highest BCUT2D eigenvalue weighted by Crippen LogP contribution is 2.25. The minimum atomic E-state index is -0.581. The number of fused-ring (bicyclic) bond motifs is 1. The zero-order valence-electron chi connectivity index (χ0n) is 17.6. The van der Waals surface area contributed by atoms with Crippen molar-refractivity contribution >= 4 is 18.0 Å². The van der Waals surface area contributed by atoms with Gasteiger partial charge in [0.1, 0.15) is 5.60 Å². The number of nitrogens with one attached hydrogen (secondary N) is 1. The maximum atomic E-state index is 13.1. The molecule has 0 spiro atoms. The van der Waals surface area contributed by atoms with Crippen molar-refractivity contribution in [1.82, 2.24) is 20.0 Å². The molecule has 1 atom stereocenters. The molecule has 0 aliphatic carbocycles. The summed E-state index contributed by atoms with van der Waals surface area (Å²) >= 11 is 0. The first-order valence-electron chi connectivity index (χ1n) is 10.2. The number of rotatable bonds is 3. The van der Waals surface area contributed by atoms with Crippen molar-refractivity contribution < 1.29 is 23.9 Å². The maximum absolute atomic E-state index is 13.1. The molecule has 160 valence electrons. The summed E-state index contributed by atoms with van der Waals surface area (Å²) in [5, 5.41) is 7.18. The third-order valence-electron chi connectivity index (χ3n) is 5.12. The molecule has 2 aliphatic rings. The van der Waals surface area contributed by atoms with Crippen LogP contribution < -0.4 is 0 Å². The highest BCUT2D eigenvalue weighted by molar-refractivity contribution is 5.94. The van der Waals surface area contributed by atoms with Gasteiger partial charge in [-0.15, -0.1) is 0 Å². The van der Waals surface area contributed by atoms with Crippen molar-refractivity contribution in [2.24, 2.45) is 5.92 Å².